The van der Waals surface area contributed by atoms with E-state index in [9.17, 15) is 15.2 Å². The molecule has 5 rings (SSSR count). The minimum Gasteiger partial charge on any atom is -0.394 e. The SMILES string of the molecule is CCCc1c(Cc2ccc(-c3ccccc3)c(C#N)c2)c(=O)n(C2CCC(C)(OCCO)CC2)c2nc(C)nn12. The van der Waals surface area contributed by atoms with E-state index in [1.54, 1.807) is 0 Å². The van der Waals surface area contributed by atoms with Gasteiger partial charge in [-0.05, 0) is 68.7 Å². The summed E-state index contributed by atoms with van der Waals surface area (Å²) in [6.07, 6.45) is 5.13. The summed E-state index contributed by atoms with van der Waals surface area (Å²) >= 11 is 0. The average Bonchev–Trinajstić information content (AvgIpc) is 3.36. The van der Waals surface area contributed by atoms with Gasteiger partial charge in [-0.3, -0.25) is 9.36 Å². The van der Waals surface area contributed by atoms with Crippen LogP contribution < -0.4 is 5.56 Å². The third-order valence-electron chi connectivity index (χ3n) is 8.07. The van der Waals surface area contributed by atoms with Crippen molar-refractivity contribution in [2.24, 2.45) is 0 Å². The van der Waals surface area contributed by atoms with Crippen LogP contribution in [0.2, 0.25) is 0 Å². The standard InChI is InChI=1S/C32H37N5O3/c1-4-8-29-28(20-23-11-12-27(25(19-23)21-33)24-9-6-5-7-10-24)30(39)36(31-34-22(2)35-37(29)31)26-13-15-32(3,16-14-26)40-18-17-38/h5-7,9-12,19,26,38H,4,8,13-18,20H2,1-3H3. The Balaban J connectivity index is 1.57. The summed E-state index contributed by atoms with van der Waals surface area (Å²) in [6.45, 7) is 6.36. The molecule has 1 aliphatic carbocycles. The van der Waals surface area contributed by atoms with Crippen molar-refractivity contribution in [3.63, 3.8) is 0 Å². The summed E-state index contributed by atoms with van der Waals surface area (Å²) in [4.78, 5) is 19.0. The van der Waals surface area contributed by atoms with Gasteiger partial charge in [0.2, 0.25) is 5.78 Å². The molecule has 0 aliphatic heterocycles. The molecule has 4 aromatic rings. The van der Waals surface area contributed by atoms with Crippen molar-refractivity contribution in [3.8, 4) is 17.2 Å². The molecule has 0 amide bonds. The van der Waals surface area contributed by atoms with Gasteiger partial charge in [0.15, 0.2) is 0 Å². The lowest BCUT2D eigenvalue weighted by Gasteiger charge is -2.38. The molecule has 1 N–H and O–H groups in total. The Morgan fingerprint density at radius 1 is 1.18 bits per heavy atom. The van der Waals surface area contributed by atoms with E-state index in [4.69, 9.17) is 14.8 Å². The first-order valence-corrected chi connectivity index (χ1v) is 14.2. The highest BCUT2D eigenvalue weighted by Crippen LogP contribution is 2.37. The zero-order chi connectivity index (χ0) is 28.3. The van der Waals surface area contributed by atoms with Crippen molar-refractivity contribution in [2.45, 2.75) is 77.4 Å². The second kappa shape index (κ2) is 11.7. The van der Waals surface area contributed by atoms with E-state index in [1.807, 2.05) is 64.5 Å². The first-order chi connectivity index (χ1) is 19.4. The van der Waals surface area contributed by atoms with Crippen LogP contribution in [0.25, 0.3) is 16.9 Å². The molecule has 0 bridgehead atoms. The van der Waals surface area contributed by atoms with E-state index in [1.165, 1.54) is 0 Å². The fraction of sp³-hybridized carbons (Fsp3) is 0.438. The molecule has 0 atom stereocenters. The molecule has 208 valence electrons. The van der Waals surface area contributed by atoms with Crippen LogP contribution >= 0.6 is 0 Å². The molecule has 8 heteroatoms. The van der Waals surface area contributed by atoms with Gasteiger partial charge < -0.3 is 9.84 Å². The highest BCUT2D eigenvalue weighted by molar-refractivity contribution is 5.71. The summed E-state index contributed by atoms with van der Waals surface area (Å²) < 4.78 is 9.67. The third-order valence-corrected chi connectivity index (χ3v) is 8.07. The Morgan fingerprint density at radius 2 is 1.93 bits per heavy atom. The highest BCUT2D eigenvalue weighted by atomic mass is 16.5. The number of aryl methyl sites for hydroxylation is 2. The van der Waals surface area contributed by atoms with Crippen LogP contribution in [0.15, 0.2) is 53.3 Å². The molecule has 0 spiro atoms. The van der Waals surface area contributed by atoms with Crippen LogP contribution in [0.4, 0.5) is 0 Å². The zero-order valence-corrected chi connectivity index (χ0v) is 23.6. The number of fused-ring (bicyclic) bond motifs is 1. The monoisotopic (exact) mass is 539 g/mol. The maximum absolute atomic E-state index is 14.3. The van der Waals surface area contributed by atoms with E-state index in [0.29, 0.717) is 42.2 Å². The van der Waals surface area contributed by atoms with Gasteiger partial charge in [-0.1, -0.05) is 55.8 Å². The van der Waals surface area contributed by atoms with Gasteiger partial charge in [0.05, 0.1) is 36.1 Å². The topological polar surface area (TPSA) is 105 Å². The minimum atomic E-state index is -0.304. The number of nitrogens with zero attached hydrogens (tertiary/aromatic N) is 5. The Morgan fingerprint density at radius 3 is 2.60 bits per heavy atom. The molecule has 1 fully saturated rings. The minimum absolute atomic E-state index is 0.000213. The average molecular weight is 540 g/mol. The summed E-state index contributed by atoms with van der Waals surface area (Å²) in [6, 6.07) is 18.1. The summed E-state index contributed by atoms with van der Waals surface area (Å²) in [7, 11) is 0. The fourth-order valence-electron chi connectivity index (χ4n) is 6.00. The van der Waals surface area contributed by atoms with Crippen molar-refractivity contribution in [1.82, 2.24) is 19.2 Å². The molecule has 1 aliphatic rings. The molecule has 0 unspecified atom stereocenters. The molecular formula is C32H37N5O3. The Kier molecular flexibility index (Phi) is 8.15. The summed E-state index contributed by atoms with van der Waals surface area (Å²) in [5, 5.41) is 23.9. The number of rotatable bonds is 9. The quantitative estimate of drug-likeness (QED) is 0.315. The zero-order valence-electron chi connectivity index (χ0n) is 23.6. The number of ether oxygens (including phenoxy) is 1. The molecule has 2 heterocycles. The van der Waals surface area contributed by atoms with Gasteiger partial charge in [0.1, 0.15) is 5.82 Å². The molecule has 0 radical (unpaired) electrons. The lowest BCUT2D eigenvalue weighted by atomic mass is 9.83. The van der Waals surface area contributed by atoms with E-state index in [-0.39, 0.29) is 23.8 Å². The van der Waals surface area contributed by atoms with Crippen LogP contribution in [0.5, 0.6) is 0 Å². The number of aromatic nitrogens is 4. The van der Waals surface area contributed by atoms with E-state index < -0.39 is 0 Å². The van der Waals surface area contributed by atoms with Gasteiger partial charge in [-0.15, -0.1) is 0 Å². The van der Waals surface area contributed by atoms with Crippen molar-refractivity contribution < 1.29 is 9.84 Å². The molecule has 2 aromatic carbocycles. The third kappa shape index (κ3) is 5.45. The van der Waals surface area contributed by atoms with Crippen LogP contribution in [0.3, 0.4) is 0 Å². The number of hydrogen-bond acceptors (Lipinski definition) is 6. The van der Waals surface area contributed by atoms with Crippen molar-refractivity contribution in [1.29, 1.82) is 5.26 Å². The first-order valence-electron chi connectivity index (χ1n) is 14.2. The maximum Gasteiger partial charge on any atom is 0.259 e. The van der Waals surface area contributed by atoms with E-state index in [2.05, 4.69) is 19.9 Å². The van der Waals surface area contributed by atoms with Crippen molar-refractivity contribution >= 4 is 5.78 Å². The van der Waals surface area contributed by atoms with Crippen LogP contribution in [-0.2, 0) is 17.6 Å². The fourth-order valence-corrected chi connectivity index (χ4v) is 6.00. The van der Waals surface area contributed by atoms with Gasteiger partial charge >= 0.3 is 0 Å². The highest BCUT2D eigenvalue weighted by Gasteiger charge is 2.34. The second-order valence-corrected chi connectivity index (χ2v) is 11.0. The van der Waals surface area contributed by atoms with Crippen LogP contribution in [-0.4, -0.2) is 43.1 Å². The number of nitriles is 1. The predicted octanol–water partition coefficient (Wildman–Crippen LogP) is 5.16. The smallest absolute Gasteiger partial charge is 0.259 e. The lowest BCUT2D eigenvalue weighted by molar-refractivity contribution is -0.0736. The van der Waals surface area contributed by atoms with E-state index in [0.717, 1.165) is 54.5 Å². The predicted molar refractivity (Wildman–Crippen MR) is 154 cm³/mol. The Hall–Kier alpha value is -3.80. The summed E-state index contributed by atoms with van der Waals surface area (Å²) in [5.41, 5.74) is 4.65. The molecule has 0 saturated heterocycles. The van der Waals surface area contributed by atoms with Crippen molar-refractivity contribution in [2.75, 3.05) is 13.2 Å². The number of benzene rings is 2. The molecule has 40 heavy (non-hydrogen) atoms. The number of hydrogen-bond donors (Lipinski definition) is 1. The van der Waals surface area contributed by atoms with Crippen LogP contribution in [0.1, 0.15) is 80.2 Å². The maximum atomic E-state index is 14.3. The molecular weight excluding hydrogens is 502 g/mol. The van der Waals surface area contributed by atoms with Crippen molar-refractivity contribution in [3.05, 3.63) is 87.1 Å². The normalized spacial score (nSPS) is 19.1. The van der Waals surface area contributed by atoms with Gasteiger partial charge in [-0.25, -0.2) is 4.52 Å². The van der Waals surface area contributed by atoms with Crippen LogP contribution in [0, 0.1) is 18.3 Å². The number of aliphatic hydroxyl groups excluding tert-OH is 1. The van der Waals surface area contributed by atoms with Gasteiger partial charge in [0, 0.05) is 18.0 Å². The summed E-state index contributed by atoms with van der Waals surface area (Å²) in [5.74, 6) is 1.23. The Labute approximate surface area is 234 Å². The largest absolute Gasteiger partial charge is 0.394 e. The number of aliphatic hydroxyl groups is 1. The molecule has 8 nitrogen and oxygen atoms in total. The lowest BCUT2D eigenvalue weighted by Crippen LogP contribution is -2.39. The van der Waals surface area contributed by atoms with E-state index >= 15 is 0 Å². The van der Waals surface area contributed by atoms with Gasteiger partial charge in [-0.2, -0.15) is 15.3 Å². The Bertz CT molecular complexity index is 1590. The molecule has 1 saturated carbocycles. The first kappa shape index (κ1) is 27.8. The second-order valence-electron chi connectivity index (χ2n) is 11.0. The molecule has 2 aromatic heterocycles. The van der Waals surface area contributed by atoms with Gasteiger partial charge in [0.25, 0.3) is 5.56 Å².